The van der Waals surface area contributed by atoms with E-state index in [0.717, 1.165) is 18.0 Å². The lowest BCUT2D eigenvalue weighted by Gasteiger charge is -2.33. The normalized spacial score (nSPS) is 20.3. The Bertz CT molecular complexity index is 647. The predicted molar refractivity (Wildman–Crippen MR) is 82.0 cm³/mol. The van der Waals surface area contributed by atoms with Crippen LogP contribution in [0.2, 0.25) is 0 Å². The van der Waals surface area contributed by atoms with E-state index in [1.54, 1.807) is 11.2 Å². The van der Waals surface area contributed by atoms with Crippen molar-refractivity contribution in [3.8, 4) is 0 Å². The average Bonchev–Trinajstić information content (AvgIpc) is 3.22. The third-order valence-corrected chi connectivity index (χ3v) is 6.11. The van der Waals surface area contributed by atoms with Gasteiger partial charge in [-0.25, -0.2) is 8.42 Å². The van der Waals surface area contributed by atoms with Gasteiger partial charge in [0.1, 0.15) is 6.33 Å². The number of piperazine rings is 1. The van der Waals surface area contributed by atoms with Crippen molar-refractivity contribution in [3.63, 3.8) is 0 Å². The first-order valence-corrected chi connectivity index (χ1v) is 10.0. The van der Waals surface area contributed by atoms with Gasteiger partial charge in [-0.1, -0.05) is 11.8 Å². The molecule has 1 saturated heterocycles. The van der Waals surface area contributed by atoms with Crippen LogP contribution in [0.5, 0.6) is 0 Å². The highest BCUT2D eigenvalue weighted by atomic mass is 32.2. The summed E-state index contributed by atoms with van der Waals surface area (Å²) in [6.07, 6.45) is 5.21. The Morgan fingerprint density at radius 3 is 2.59 bits per heavy atom. The molecule has 0 aromatic carbocycles. The van der Waals surface area contributed by atoms with Crippen LogP contribution in [-0.4, -0.2) is 76.5 Å². The van der Waals surface area contributed by atoms with Crippen molar-refractivity contribution in [1.82, 2.24) is 24.0 Å². The lowest BCUT2D eigenvalue weighted by molar-refractivity contribution is -0.129. The lowest BCUT2D eigenvalue weighted by atomic mass is 10.3. The molecule has 2 aliphatic rings. The second-order valence-corrected chi connectivity index (χ2v) is 8.51. The van der Waals surface area contributed by atoms with E-state index < -0.39 is 10.0 Å². The highest BCUT2D eigenvalue weighted by Crippen LogP contribution is 2.37. The summed E-state index contributed by atoms with van der Waals surface area (Å²) in [7, 11) is -3.16. The zero-order valence-corrected chi connectivity index (χ0v) is 14.0. The molecule has 1 aliphatic carbocycles. The number of hydrogen-bond donors (Lipinski definition) is 0. The van der Waals surface area contributed by atoms with Gasteiger partial charge < -0.3 is 9.47 Å². The lowest BCUT2D eigenvalue weighted by Crippen LogP contribution is -2.50. The van der Waals surface area contributed by atoms with Gasteiger partial charge in [0.05, 0.1) is 12.0 Å². The van der Waals surface area contributed by atoms with Crippen LogP contribution in [-0.2, 0) is 14.8 Å². The molecule has 0 radical (unpaired) electrons. The summed E-state index contributed by atoms with van der Waals surface area (Å²) >= 11 is 1.40. The molecule has 0 unspecified atom stereocenters. The molecule has 1 aromatic rings. The molecule has 3 rings (SSSR count). The second-order valence-electron chi connectivity index (χ2n) is 5.58. The van der Waals surface area contributed by atoms with Gasteiger partial charge in [-0.15, -0.1) is 10.2 Å². The Hall–Kier alpha value is -1.13. The maximum atomic E-state index is 12.2. The quantitative estimate of drug-likeness (QED) is 0.687. The summed E-state index contributed by atoms with van der Waals surface area (Å²) in [5.41, 5.74) is 0. The van der Waals surface area contributed by atoms with Crippen molar-refractivity contribution in [3.05, 3.63) is 6.33 Å². The zero-order chi connectivity index (χ0) is 15.7. The molecule has 22 heavy (non-hydrogen) atoms. The minimum atomic E-state index is -3.16. The number of thioether (sulfide) groups is 1. The monoisotopic (exact) mass is 345 g/mol. The van der Waals surface area contributed by atoms with E-state index in [4.69, 9.17) is 0 Å². The number of carbonyl (C=O) groups excluding carboxylic acids is 1. The highest BCUT2D eigenvalue weighted by Gasteiger charge is 2.28. The van der Waals surface area contributed by atoms with Crippen LogP contribution in [0.15, 0.2) is 11.5 Å². The molecule has 8 nitrogen and oxygen atoms in total. The summed E-state index contributed by atoms with van der Waals surface area (Å²) in [6, 6.07) is 0.492. The number of nitrogens with zero attached hydrogens (tertiary/aromatic N) is 5. The van der Waals surface area contributed by atoms with E-state index in [0.29, 0.717) is 38.0 Å². The second kappa shape index (κ2) is 6.17. The Morgan fingerprint density at radius 2 is 2.00 bits per heavy atom. The fraction of sp³-hybridized carbons (Fsp3) is 0.750. The van der Waals surface area contributed by atoms with Gasteiger partial charge in [0, 0.05) is 32.2 Å². The summed E-state index contributed by atoms with van der Waals surface area (Å²) in [4.78, 5) is 13.9. The average molecular weight is 345 g/mol. The predicted octanol–water partition coefficient (Wildman–Crippen LogP) is -0.191. The largest absolute Gasteiger partial charge is 0.339 e. The van der Waals surface area contributed by atoms with Gasteiger partial charge in [-0.2, -0.15) is 4.31 Å². The fourth-order valence-corrected chi connectivity index (χ4v) is 4.14. The van der Waals surface area contributed by atoms with Crippen molar-refractivity contribution < 1.29 is 13.2 Å². The van der Waals surface area contributed by atoms with Crippen molar-refractivity contribution in [1.29, 1.82) is 0 Å². The van der Waals surface area contributed by atoms with E-state index in [1.807, 2.05) is 4.57 Å². The topological polar surface area (TPSA) is 88.4 Å². The van der Waals surface area contributed by atoms with Crippen LogP contribution >= 0.6 is 11.8 Å². The zero-order valence-electron chi connectivity index (χ0n) is 12.4. The van der Waals surface area contributed by atoms with Gasteiger partial charge in [-0.05, 0) is 12.8 Å². The highest BCUT2D eigenvalue weighted by molar-refractivity contribution is 7.99. The fourth-order valence-electron chi connectivity index (χ4n) is 2.43. The smallest absolute Gasteiger partial charge is 0.233 e. The number of sulfonamides is 1. The van der Waals surface area contributed by atoms with E-state index in [9.17, 15) is 13.2 Å². The molecule has 2 heterocycles. The summed E-state index contributed by atoms with van der Waals surface area (Å²) < 4.78 is 26.3. The number of hydrogen-bond acceptors (Lipinski definition) is 6. The Kier molecular flexibility index (Phi) is 4.42. The number of carbonyl (C=O) groups is 1. The third kappa shape index (κ3) is 3.61. The Labute approximate surface area is 133 Å². The van der Waals surface area contributed by atoms with Crippen molar-refractivity contribution in [2.75, 3.05) is 38.2 Å². The third-order valence-electron chi connectivity index (χ3n) is 3.87. The molecule has 122 valence electrons. The van der Waals surface area contributed by atoms with Gasteiger partial charge in [0.2, 0.25) is 15.9 Å². The summed E-state index contributed by atoms with van der Waals surface area (Å²) in [6.45, 7) is 1.63. The van der Waals surface area contributed by atoms with Gasteiger partial charge in [0.25, 0.3) is 0 Å². The maximum absolute atomic E-state index is 12.2. The van der Waals surface area contributed by atoms with Gasteiger partial charge in [-0.3, -0.25) is 4.79 Å². The van der Waals surface area contributed by atoms with Crippen molar-refractivity contribution in [2.45, 2.75) is 24.0 Å². The van der Waals surface area contributed by atoms with Crippen LogP contribution in [0.3, 0.4) is 0 Å². The first kappa shape index (κ1) is 15.8. The summed E-state index contributed by atoms with van der Waals surface area (Å²) in [5.74, 6) is 0.327. The minimum absolute atomic E-state index is 0.0171. The molecule has 1 amide bonds. The maximum Gasteiger partial charge on any atom is 0.233 e. The molecule has 1 saturated carbocycles. The van der Waals surface area contributed by atoms with Crippen LogP contribution in [0.25, 0.3) is 0 Å². The molecule has 1 aliphatic heterocycles. The summed E-state index contributed by atoms with van der Waals surface area (Å²) in [5, 5.41) is 8.74. The Morgan fingerprint density at radius 1 is 1.32 bits per heavy atom. The molecular formula is C12H19N5O3S2. The van der Waals surface area contributed by atoms with Crippen LogP contribution in [0, 0.1) is 0 Å². The molecule has 0 bridgehead atoms. The number of rotatable bonds is 5. The van der Waals surface area contributed by atoms with E-state index >= 15 is 0 Å². The standard InChI is InChI=1S/C12H19N5O3S2/c1-22(19,20)16-6-4-15(5-7-16)11(18)8-21-12-14-13-9-17(12)10-2-3-10/h9-10H,2-8H2,1H3. The Balaban J connectivity index is 1.49. The van der Waals surface area contributed by atoms with E-state index in [2.05, 4.69) is 10.2 Å². The van der Waals surface area contributed by atoms with E-state index in [-0.39, 0.29) is 5.91 Å². The van der Waals surface area contributed by atoms with Crippen molar-refractivity contribution in [2.24, 2.45) is 0 Å². The molecule has 0 spiro atoms. The molecular weight excluding hydrogens is 326 g/mol. The van der Waals surface area contributed by atoms with E-state index in [1.165, 1.54) is 22.3 Å². The molecule has 1 aromatic heterocycles. The number of aromatic nitrogens is 3. The van der Waals surface area contributed by atoms with Gasteiger partial charge in [0.15, 0.2) is 5.16 Å². The number of amides is 1. The van der Waals surface area contributed by atoms with Crippen molar-refractivity contribution >= 4 is 27.7 Å². The molecule has 0 atom stereocenters. The van der Waals surface area contributed by atoms with Gasteiger partial charge >= 0.3 is 0 Å². The first-order valence-electron chi connectivity index (χ1n) is 7.20. The first-order chi connectivity index (χ1) is 10.4. The SMILES string of the molecule is CS(=O)(=O)N1CCN(C(=O)CSc2nncn2C2CC2)CC1. The minimum Gasteiger partial charge on any atom is -0.339 e. The molecule has 0 N–H and O–H groups in total. The molecule has 10 heteroatoms. The van der Waals surface area contributed by atoms with Crippen LogP contribution < -0.4 is 0 Å². The molecule has 2 fully saturated rings. The van der Waals surface area contributed by atoms with Crippen LogP contribution in [0.1, 0.15) is 18.9 Å². The van der Waals surface area contributed by atoms with Crippen LogP contribution in [0.4, 0.5) is 0 Å².